The molecule has 1 heterocycles. The van der Waals surface area contributed by atoms with Gasteiger partial charge < -0.3 is 14.8 Å². The number of rotatable bonds is 8. The molecule has 0 aliphatic carbocycles. The van der Waals surface area contributed by atoms with Gasteiger partial charge in [-0.15, -0.1) is 0 Å². The van der Waals surface area contributed by atoms with Gasteiger partial charge in [0.15, 0.2) is 0 Å². The minimum Gasteiger partial charge on any atom is -0.465 e. The van der Waals surface area contributed by atoms with Crippen molar-refractivity contribution < 1.29 is 28.8 Å². The van der Waals surface area contributed by atoms with Crippen molar-refractivity contribution in [1.29, 1.82) is 0 Å². The number of ether oxygens (including phenoxy) is 2. The quantitative estimate of drug-likeness (QED) is 0.245. The summed E-state index contributed by atoms with van der Waals surface area (Å²) >= 11 is 0. The van der Waals surface area contributed by atoms with E-state index in [9.17, 15) is 24.5 Å². The van der Waals surface area contributed by atoms with Gasteiger partial charge in [-0.05, 0) is 36.8 Å². The zero-order valence-corrected chi connectivity index (χ0v) is 18.8. The third kappa shape index (κ3) is 5.65. The van der Waals surface area contributed by atoms with Crippen LogP contribution in [0, 0.1) is 17.0 Å². The lowest BCUT2D eigenvalue weighted by molar-refractivity contribution is -0.383. The van der Waals surface area contributed by atoms with Crippen molar-refractivity contribution in [3.8, 4) is 0 Å². The van der Waals surface area contributed by atoms with Crippen LogP contribution in [0.25, 0.3) is 0 Å². The third-order valence-electron chi connectivity index (χ3n) is 4.73. The second kappa shape index (κ2) is 10.7. The van der Waals surface area contributed by atoms with Crippen LogP contribution in [0.4, 0.5) is 23.0 Å². The molecule has 3 N–H and O–H groups in total. The van der Waals surface area contributed by atoms with E-state index in [1.54, 1.807) is 31.2 Å². The molecule has 0 saturated heterocycles. The van der Waals surface area contributed by atoms with Crippen molar-refractivity contribution in [3.63, 3.8) is 0 Å². The Kier molecular flexibility index (Phi) is 7.51. The maximum Gasteiger partial charge on any atom is 0.355 e. The fourth-order valence-electron chi connectivity index (χ4n) is 3.05. The average molecular weight is 480 g/mol. The number of anilines is 3. The fourth-order valence-corrected chi connectivity index (χ4v) is 3.05. The maximum absolute atomic E-state index is 12.5. The van der Waals surface area contributed by atoms with Gasteiger partial charge in [0, 0.05) is 11.3 Å². The summed E-state index contributed by atoms with van der Waals surface area (Å²) in [4.78, 5) is 55.3. The highest BCUT2D eigenvalue weighted by atomic mass is 16.6. The minimum absolute atomic E-state index is 0.00143. The molecule has 0 atom stereocenters. The van der Waals surface area contributed by atoms with Gasteiger partial charge in [0.25, 0.3) is 5.91 Å². The minimum atomic E-state index is -0.754. The van der Waals surface area contributed by atoms with Crippen LogP contribution in [-0.4, -0.2) is 47.0 Å². The highest BCUT2D eigenvalue weighted by molar-refractivity contribution is 5.98. The molecule has 1 aromatic heterocycles. The Bertz CT molecular complexity index is 1280. The predicted molar refractivity (Wildman–Crippen MR) is 123 cm³/mol. The van der Waals surface area contributed by atoms with Crippen LogP contribution in [0.1, 0.15) is 36.6 Å². The summed E-state index contributed by atoms with van der Waals surface area (Å²) in [6.45, 7) is 1.75. The monoisotopic (exact) mass is 480 g/mol. The second-order valence-electron chi connectivity index (χ2n) is 6.98. The van der Waals surface area contributed by atoms with E-state index in [0.717, 1.165) is 6.33 Å². The molecule has 180 valence electrons. The number of esters is 2. The molecule has 0 saturated carbocycles. The molecule has 13 heteroatoms. The van der Waals surface area contributed by atoms with Crippen LogP contribution in [0.15, 0.2) is 48.8 Å². The van der Waals surface area contributed by atoms with Crippen molar-refractivity contribution in [2.75, 3.05) is 25.0 Å². The van der Waals surface area contributed by atoms with Crippen LogP contribution >= 0.6 is 0 Å². The molecule has 0 spiro atoms. The molecule has 0 bridgehead atoms. The van der Waals surface area contributed by atoms with Gasteiger partial charge in [0.05, 0.1) is 30.3 Å². The smallest absolute Gasteiger partial charge is 0.355 e. The average Bonchev–Trinajstić information content (AvgIpc) is 2.86. The van der Waals surface area contributed by atoms with Gasteiger partial charge in [0.2, 0.25) is 11.6 Å². The van der Waals surface area contributed by atoms with Crippen LogP contribution in [-0.2, 0) is 9.47 Å². The first-order chi connectivity index (χ1) is 16.7. The maximum atomic E-state index is 12.5. The van der Waals surface area contributed by atoms with E-state index in [1.807, 2.05) is 0 Å². The summed E-state index contributed by atoms with van der Waals surface area (Å²) < 4.78 is 9.37. The summed E-state index contributed by atoms with van der Waals surface area (Å²) in [6.07, 6.45) is 1.03. The van der Waals surface area contributed by atoms with E-state index < -0.39 is 28.5 Å². The summed E-state index contributed by atoms with van der Waals surface area (Å²) in [5.41, 5.74) is 5.40. The number of carbonyl (C=O) groups is 3. The van der Waals surface area contributed by atoms with E-state index in [2.05, 4.69) is 35.6 Å². The Labute approximate surface area is 198 Å². The number of methoxy groups -OCH3 is 2. The number of nitrogens with zero attached hydrogens (tertiary/aromatic N) is 3. The number of hydrazine groups is 1. The molecule has 0 aliphatic heterocycles. The van der Waals surface area contributed by atoms with Crippen LogP contribution in [0.3, 0.4) is 0 Å². The van der Waals surface area contributed by atoms with Gasteiger partial charge in [-0.3, -0.25) is 25.8 Å². The van der Waals surface area contributed by atoms with E-state index in [1.165, 1.54) is 32.4 Å². The number of carbonyl (C=O) groups excluding carboxylic acids is 3. The van der Waals surface area contributed by atoms with Gasteiger partial charge in [-0.25, -0.2) is 19.6 Å². The van der Waals surface area contributed by atoms with Crippen molar-refractivity contribution in [2.24, 2.45) is 0 Å². The largest absolute Gasteiger partial charge is 0.465 e. The van der Waals surface area contributed by atoms with Crippen molar-refractivity contribution in [1.82, 2.24) is 15.4 Å². The number of amides is 1. The first-order valence-electron chi connectivity index (χ1n) is 9.95. The molecule has 2 aromatic carbocycles. The lowest BCUT2D eigenvalue weighted by Crippen LogP contribution is -2.30. The molecule has 0 aliphatic rings. The van der Waals surface area contributed by atoms with E-state index in [0.29, 0.717) is 11.1 Å². The molecule has 1 amide bonds. The molecule has 35 heavy (non-hydrogen) atoms. The van der Waals surface area contributed by atoms with Gasteiger partial charge in [-0.2, -0.15) is 0 Å². The third-order valence-corrected chi connectivity index (χ3v) is 4.73. The second-order valence-corrected chi connectivity index (χ2v) is 6.98. The number of hydrogen-bond donors (Lipinski definition) is 3. The Morgan fingerprint density at radius 2 is 1.54 bits per heavy atom. The molecular weight excluding hydrogens is 460 g/mol. The molecule has 0 unspecified atom stereocenters. The highest BCUT2D eigenvalue weighted by Crippen LogP contribution is 2.31. The molecule has 0 radical (unpaired) electrons. The number of nitrogens with one attached hydrogen (secondary N) is 3. The lowest BCUT2D eigenvalue weighted by atomic mass is 10.1. The first kappa shape index (κ1) is 24.6. The topological polar surface area (TPSA) is 175 Å². The molecule has 13 nitrogen and oxygen atoms in total. The Morgan fingerprint density at radius 1 is 0.943 bits per heavy atom. The zero-order valence-electron chi connectivity index (χ0n) is 18.8. The molecule has 0 fully saturated rings. The SMILES string of the molecule is COC(=O)c1cc(Nc2ncnc(NNC(=O)c3ccccc3C)c2[N+](=O)[O-])cc(C(=O)OC)c1. The summed E-state index contributed by atoms with van der Waals surface area (Å²) in [5, 5.41) is 14.5. The van der Waals surface area contributed by atoms with Crippen LogP contribution in [0.2, 0.25) is 0 Å². The zero-order chi connectivity index (χ0) is 25.5. The number of hydrogen-bond acceptors (Lipinski definition) is 11. The summed E-state index contributed by atoms with van der Waals surface area (Å²) in [6, 6.07) is 10.7. The standard InChI is InChI=1S/C22H20N6O7/c1-12-6-4-5-7-16(12)20(29)27-26-19-17(28(32)33)18(23-11-24-19)25-15-9-13(21(30)34-2)8-14(10-15)22(31)35-3/h4-11H,1-3H3,(H,27,29)(H2,23,24,25,26). The lowest BCUT2D eigenvalue weighted by Gasteiger charge is -2.13. The van der Waals surface area contributed by atoms with Crippen LogP contribution in [0.5, 0.6) is 0 Å². The fraction of sp³-hybridized carbons (Fsp3) is 0.136. The van der Waals surface area contributed by atoms with E-state index >= 15 is 0 Å². The Morgan fingerprint density at radius 3 is 2.11 bits per heavy atom. The van der Waals surface area contributed by atoms with Crippen molar-refractivity contribution in [2.45, 2.75) is 6.92 Å². The molecule has 3 rings (SSSR count). The molecular formula is C22H20N6O7. The number of benzene rings is 2. The summed E-state index contributed by atoms with van der Waals surface area (Å²) in [7, 11) is 2.33. The number of nitro groups is 1. The van der Waals surface area contributed by atoms with Gasteiger partial charge in [0.1, 0.15) is 6.33 Å². The van der Waals surface area contributed by atoms with Crippen molar-refractivity contribution in [3.05, 3.63) is 81.2 Å². The van der Waals surface area contributed by atoms with Gasteiger partial charge >= 0.3 is 17.6 Å². The Balaban J connectivity index is 1.94. The predicted octanol–water partition coefficient (Wildman–Crippen LogP) is 2.77. The normalized spacial score (nSPS) is 10.1. The highest BCUT2D eigenvalue weighted by Gasteiger charge is 2.25. The first-order valence-corrected chi connectivity index (χ1v) is 9.95. The molecule has 3 aromatic rings. The van der Waals surface area contributed by atoms with E-state index in [4.69, 9.17) is 0 Å². The summed E-state index contributed by atoms with van der Waals surface area (Å²) in [5.74, 6) is -2.57. The number of aromatic nitrogens is 2. The van der Waals surface area contributed by atoms with Crippen LogP contribution < -0.4 is 16.2 Å². The van der Waals surface area contributed by atoms with E-state index in [-0.39, 0.29) is 28.5 Å². The number of aryl methyl sites for hydroxylation is 1. The van der Waals surface area contributed by atoms with Gasteiger partial charge in [-0.1, -0.05) is 18.2 Å². The van der Waals surface area contributed by atoms with Crippen molar-refractivity contribution >= 4 is 40.9 Å². The Hall–Kier alpha value is -5.07.